The summed E-state index contributed by atoms with van der Waals surface area (Å²) in [5.41, 5.74) is 1.07. The molecule has 0 aliphatic rings. The van der Waals surface area contributed by atoms with E-state index in [9.17, 15) is 0 Å². The first-order valence-electron chi connectivity index (χ1n) is 6.32. The molecule has 3 aromatic rings. The molecule has 0 aliphatic carbocycles. The van der Waals surface area contributed by atoms with Crippen LogP contribution in [0.5, 0.6) is 0 Å². The zero-order valence-electron chi connectivity index (χ0n) is 10.6. The fourth-order valence-electron chi connectivity index (χ4n) is 2.15. The predicted octanol–water partition coefficient (Wildman–Crippen LogP) is 3.68. The highest BCUT2D eigenvalue weighted by molar-refractivity contribution is 6.35. The number of halogens is 1. The molecule has 2 aromatic heterocycles. The Morgan fingerprint density at radius 1 is 1.32 bits per heavy atom. The molecule has 0 atom stereocenters. The zero-order chi connectivity index (χ0) is 13.2. The molecule has 3 rings (SSSR count). The van der Waals surface area contributed by atoms with Gasteiger partial charge in [-0.1, -0.05) is 29.7 Å². The number of benzene rings is 1. The van der Waals surface area contributed by atoms with Crippen LogP contribution in [0, 0.1) is 0 Å². The van der Waals surface area contributed by atoms with Crippen LogP contribution in [0.1, 0.15) is 25.1 Å². The van der Waals surface area contributed by atoms with Gasteiger partial charge in [0.25, 0.3) is 0 Å². The van der Waals surface area contributed by atoms with E-state index < -0.39 is 0 Å². The van der Waals surface area contributed by atoms with Crippen molar-refractivity contribution in [2.75, 3.05) is 0 Å². The quantitative estimate of drug-likeness (QED) is 0.729. The van der Waals surface area contributed by atoms with Crippen LogP contribution in [-0.4, -0.2) is 14.7 Å². The maximum Gasteiger partial charge on any atom is 0.246 e. The fraction of sp³-hybridized carbons (Fsp3) is 0.286. The van der Waals surface area contributed by atoms with Crippen molar-refractivity contribution in [3.8, 4) is 0 Å². The van der Waals surface area contributed by atoms with Crippen molar-refractivity contribution >= 4 is 22.5 Å². The topological polar surface area (TPSA) is 43.9 Å². The van der Waals surface area contributed by atoms with Gasteiger partial charge in [-0.25, -0.2) is 0 Å². The van der Waals surface area contributed by atoms with Crippen LogP contribution in [-0.2, 0) is 13.0 Å². The number of rotatable bonds is 4. The molecule has 0 fully saturated rings. The van der Waals surface area contributed by atoms with Gasteiger partial charge in [0.15, 0.2) is 5.82 Å². The molecule has 0 saturated heterocycles. The molecule has 0 bridgehead atoms. The number of hydrogen-bond donors (Lipinski definition) is 0. The van der Waals surface area contributed by atoms with Gasteiger partial charge in [0.1, 0.15) is 6.54 Å². The minimum atomic E-state index is 0.570. The highest BCUT2D eigenvalue weighted by Crippen LogP contribution is 2.24. The number of hydrogen-bond acceptors (Lipinski definition) is 3. The Bertz CT molecular complexity index is 702. The van der Waals surface area contributed by atoms with E-state index in [0.29, 0.717) is 12.4 Å². The molecule has 0 spiro atoms. The summed E-state index contributed by atoms with van der Waals surface area (Å²) in [5, 5.41) is 5.76. The van der Waals surface area contributed by atoms with Crippen LogP contribution in [0.15, 0.2) is 35.0 Å². The molecule has 19 heavy (non-hydrogen) atoms. The van der Waals surface area contributed by atoms with Crippen LogP contribution >= 0.6 is 11.6 Å². The third-order valence-electron chi connectivity index (χ3n) is 3.05. The zero-order valence-corrected chi connectivity index (χ0v) is 11.4. The van der Waals surface area contributed by atoms with Gasteiger partial charge in [0.2, 0.25) is 5.89 Å². The van der Waals surface area contributed by atoms with E-state index in [2.05, 4.69) is 21.6 Å². The van der Waals surface area contributed by atoms with Crippen molar-refractivity contribution in [1.29, 1.82) is 0 Å². The fourth-order valence-corrected chi connectivity index (χ4v) is 2.38. The van der Waals surface area contributed by atoms with Crippen molar-refractivity contribution in [1.82, 2.24) is 14.7 Å². The maximum atomic E-state index is 6.15. The molecule has 2 heterocycles. The lowest BCUT2D eigenvalue weighted by molar-refractivity contribution is 0.367. The van der Waals surface area contributed by atoms with Gasteiger partial charge >= 0.3 is 0 Å². The summed E-state index contributed by atoms with van der Waals surface area (Å²) in [5.74, 6) is 1.40. The Labute approximate surface area is 116 Å². The smallest absolute Gasteiger partial charge is 0.246 e. The monoisotopic (exact) mass is 275 g/mol. The largest absolute Gasteiger partial charge is 0.338 e. The number of aromatic nitrogens is 3. The summed E-state index contributed by atoms with van der Waals surface area (Å²) in [7, 11) is 0. The molecule has 0 N–H and O–H groups in total. The summed E-state index contributed by atoms with van der Waals surface area (Å²) in [6, 6.07) is 7.86. The molecule has 1 aromatic carbocycles. The van der Waals surface area contributed by atoms with E-state index in [4.69, 9.17) is 16.1 Å². The second-order valence-electron chi connectivity index (χ2n) is 4.47. The van der Waals surface area contributed by atoms with Crippen molar-refractivity contribution < 1.29 is 4.52 Å². The first-order chi connectivity index (χ1) is 9.28. The number of aryl methyl sites for hydroxylation is 1. The van der Waals surface area contributed by atoms with Crippen molar-refractivity contribution in [2.24, 2.45) is 0 Å². The number of fused-ring (bicyclic) bond motifs is 1. The standard InChI is InChI=1S/C14H14ClN3O/c1-2-4-13-16-14(19-17-13)9-18-8-7-10-11(15)5-3-6-12(10)18/h3,5-8H,2,4,9H2,1H3. The van der Waals surface area contributed by atoms with E-state index >= 15 is 0 Å². The summed E-state index contributed by atoms with van der Waals surface area (Å²) in [6.07, 6.45) is 3.85. The van der Waals surface area contributed by atoms with Crippen molar-refractivity contribution in [3.63, 3.8) is 0 Å². The predicted molar refractivity (Wildman–Crippen MR) is 74.3 cm³/mol. The van der Waals surface area contributed by atoms with E-state index in [1.165, 1.54) is 0 Å². The first kappa shape index (κ1) is 12.2. The molecule has 0 radical (unpaired) electrons. The minimum absolute atomic E-state index is 0.570. The van der Waals surface area contributed by atoms with Crippen LogP contribution in [0.3, 0.4) is 0 Å². The molecule has 0 amide bonds. The lowest BCUT2D eigenvalue weighted by Gasteiger charge is -2.01. The van der Waals surface area contributed by atoms with E-state index in [1.807, 2.05) is 30.5 Å². The van der Waals surface area contributed by atoms with Gasteiger partial charge < -0.3 is 9.09 Å². The SMILES string of the molecule is CCCc1noc(Cn2ccc3c(Cl)cccc32)n1. The molecule has 5 heteroatoms. The van der Waals surface area contributed by atoms with E-state index in [1.54, 1.807) is 0 Å². The highest BCUT2D eigenvalue weighted by Gasteiger charge is 2.09. The van der Waals surface area contributed by atoms with Gasteiger partial charge in [0.05, 0.1) is 0 Å². The molecule has 0 aliphatic heterocycles. The molecule has 0 unspecified atom stereocenters. The van der Waals surface area contributed by atoms with Crippen LogP contribution < -0.4 is 0 Å². The normalized spacial score (nSPS) is 11.3. The Hall–Kier alpha value is -1.81. The lowest BCUT2D eigenvalue weighted by Crippen LogP contribution is -1.98. The summed E-state index contributed by atoms with van der Waals surface area (Å²) >= 11 is 6.15. The van der Waals surface area contributed by atoms with Gasteiger partial charge in [-0.05, 0) is 24.6 Å². The van der Waals surface area contributed by atoms with Gasteiger partial charge in [-0.15, -0.1) is 0 Å². The van der Waals surface area contributed by atoms with Crippen molar-refractivity contribution in [2.45, 2.75) is 26.3 Å². The summed E-state index contributed by atoms with van der Waals surface area (Å²) in [6.45, 7) is 2.66. The molecular weight excluding hydrogens is 262 g/mol. The lowest BCUT2D eigenvalue weighted by atomic mass is 10.2. The van der Waals surface area contributed by atoms with Gasteiger partial charge in [0, 0.05) is 28.5 Å². The van der Waals surface area contributed by atoms with Gasteiger partial charge in [-0.2, -0.15) is 4.98 Å². The minimum Gasteiger partial charge on any atom is -0.338 e. The maximum absolute atomic E-state index is 6.15. The second-order valence-corrected chi connectivity index (χ2v) is 4.88. The average molecular weight is 276 g/mol. The summed E-state index contributed by atoms with van der Waals surface area (Å²) in [4.78, 5) is 4.37. The Balaban J connectivity index is 1.90. The third-order valence-corrected chi connectivity index (χ3v) is 3.38. The molecule has 98 valence electrons. The number of nitrogens with zero attached hydrogens (tertiary/aromatic N) is 3. The third kappa shape index (κ3) is 2.36. The van der Waals surface area contributed by atoms with E-state index in [-0.39, 0.29) is 0 Å². The van der Waals surface area contributed by atoms with Crippen LogP contribution in [0.25, 0.3) is 10.9 Å². The Morgan fingerprint density at radius 2 is 2.21 bits per heavy atom. The molecule has 0 saturated carbocycles. The van der Waals surface area contributed by atoms with Gasteiger partial charge in [-0.3, -0.25) is 0 Å². The van der Waals surface area contributed by atoms with Crippen LogP contribution in [0.4, 0.5) is 0 Å². The Morgan fingerprint density at radius 3 is 3.05 bits per heavy atom. The molecular formula is C14H14ClN3O. The summed E-state index contributed by atoms with van der Waals surface area (Å²) < 4.78 is 7.31. The van der Waals surface area contributed by atoms with E-state index in [0.717, 1.165) is 34.6 Å². The highest BCUT2D eigenvalue weighted by atomic mass is 35.5. The van der Waals surface area contributed by atoms with Crippen molar-refractivity contribution in [3.05, 3.63) is 47.2 Å². The molecule has 4 nitrogen and oxygen atoms in total. The first-order valence-corrected chi connectivity index (χ1v) is 6.70. The Kier molecular flexibility index (Phi) is 3.25. The second kappa shape index (κ2) is 5.05. The van der Waals surface area contributed by atoms with Crippen LogP contribution in [0.2, 0.25) is 5.02 Å². The average Bonchev–Trinajstić information content (AvgIpc) is 3.00.